The molecule has 0 aromatic heterocycles. The van der Waals surface area contributed by atoms with Crippen LogP contribution in [0.15, 0.2) is 77.7 Å². The van der Waals surface area contributed by atoms with Crippen LogP contribution in [-0.2, 0) is 10.8 Å². The van der Waals surface area contributed by atoms with Gasteiger partial charge in [0, 0.05) is 29.8 Å². The van der Waals surface area contributed by atoms with Crippen molar-refractivity contribution in [2.45, 2.75) is 30.6 Å². The molecule has 0 spiro atoms. The minimum Gasteiger partial charge on any atom is -0.492 e. The van der Waals surface area contributed by atoms with Crippen molar-refractivity contribution < 1.29 is 18.5 Å². The molecule has 0 bridgehead atoms. The van der Waals surface area contributed by atoms with E-state index in [2.05, 4.69) is 9.80 Å². The van der Waals surface area contributed by atoms with Gasteiger partial charge in [-0.25, -0.2) is 4.21 Å². The predicted molar refractivity (Wildman–Crippen MR) is 159 cm³/mol. The third-order valence-corrected chi connectivity index (χ3v) is 9.54. The van der Waals surface area contributed by atoms with E-state index in [1.807, 2.05) is 60.7 Å². The number of rotatable bonds is 11. The van der Waals surface area contributed by atoms with Crippen molar-refractivity contribution in [3.05, 3.63) is 89.5 Å². The number of fused-ring (bicyclic) bond motifs is 1. The smallest absolute Gasteiger partial charge is 0.194 e. The van der Waals surface area contributed by atoms with Crippen LogP contribution in [0.2, 0.25) is 0 Å². The molecule has 0 amide bonds. The van der Waals surface area contributed by atoms with Crippen LogP contribution in [-0.4, -0.2) is 72.3 Å². The third kappa shape index (κ3) is 5.92. The first kappa shape index (κ1) is 26.9. The van der Waals surface area contributed by atoms with Crippen LogP contribution in [0.4, 0.5) is 0 Å². The Balaban J connectivity index is 1.19. The lowest BCUT2D eigenvalue weighted by molar-refractivity contribution is 0.105. The van der Waals surface area contributed by atoms with Crippen molar-refractivity contribution in [1.29, 1.82) is 0 Å². The Morgan fingerprint density at radius 3 is 1.80 bits per heavy atom. The van der Waals surface area contributed by atoms with Gasteiger partial charge >= 0.3 is 0 Å². The van der Waals surface area contributed by atoms with Crippen LogP contribution < -0.4 is 9.47 Å². The zero-order valence-electron chi connectivity index (χ0n) is 22.8. The summed E-state index contributed by atoms with van der Waals surface area (Å²) >= 11 is 0. The van der Waals surface area contributed by atoms with E-state index in [1.165, 1.54) is 25.7 Å². The molecule has 2 fully saturated rings. The summed E-state index contributed by atoms with van der Waals surface area (Å²) < 4.78 is 25.6. The normalized spacial score (nSPS) is 19.2. The Hall–Kier alpha value is -3.26. The summed E-state index contributed by atoms with van der Waals surface area (Å²) in [6.07, 6.45) is 5.06. The molecule has 0 aliphatic carbocycles. The van der Waals surface area contributed by atoms with E-state index in [1.54, 1.807) is 12.1 Å². The highest BCUT2D eigenvalue weighted by atomic mass is 32.2. The van der Waals surface area contributed by atoms with E-state index in [0.29, 0.717) is 34.2 Å². The first-order valence-corrected chi connectivity index (χ1v) is 15.5. The van der Waals surface area contributed by atoms with Crippen LogP contribution in [0.5, 0.6) is 11.5 Å². The lowest BCUT2D eigenvalue weighted by Gasteiger charge is -2.15. The summed E-state index contributed by atoms with van der Waals surface area (Å²) in [5, 5.41) is 0. The Morgan fingerprint density at radius 2 is 1.23 bits per heavy atom. The first-order chi connectivity index (χ1) is 19.7. The minimum absolute atomic E-state index is 0.136. The van der Waals surface area contributed by atoms with E-state index in [9.17, 15) is 9.00 Å². The van der Waals surface area contributed by atoms with Crippen molar-refractivity contribution in [2.24, 2.45) is 0 Å². The number of likely N-dealkylation sites (tertiary alicyclic amines) is 2. The average Bonchev–Trinajstić information content (AvgIpc) is 3.76. The second-order valence-corrected chi connectivity index (χ2v) is 12.0. The molecule has 3 heterocycles. The topological polar surface area (TPSA) is 59.1 Å². The van der Waals surface area contributed by atoms with E-state index in [-0.39, 0.29) is 5.78 Å². The molecule has 1 atom stereocenters. The molecular formula is C33H36N2O4S. The fraction of sp³-hybridized carbons (Fsp3) is 0.364. The standard InChI is InChI=1S/C33H36N2O4S/c36-32(25-9-13-27(14-10-25)38-23-21-34-17-3-4-18-34)31-29-7-1-2-8-30(29)40(37)33(31)26-11-15-28(16-12-26)39-24-22-35-19-5-6-20-35/h1-2,7-16H,3-6,17-24H2. The third-order valence-electron chi connectivity index (χ3n) is 7.98. The van der Waals surface area contributed by atoms with Gasteiger partial charge in [0.05, 0.1) is 20.6 Å². The Kier molecular flexibility index (Phi) is 8.42. The number of nitrogens with zero attached hydrogens (tertiary/aromatic N) is 2. The zero-order chi connectivity index (χ0) is 27.3. The summed E-state index contributed by atoms with van der Waals surface area (Å²) in [5.41, 5.74) is 2.55. The number of Topliss-reactive ketones (excluding diaryl/α,β-unsaturated/α-hetero) is 1. The Bertz CT molecular complexity index is 1390. The molecule has 0 radical (unpaired) electrons. The molecule has 40 heavy (non-hydrogen) atoms. The summed E-state index contributed by atoms with van der Waals surface area (Å²) in [7, 11) is -1.45. The van der Waals surface area contributed by atoms with Gasteiger partial charge < -0.3 is 9.47 Å². The van der Waals surface area contributed by atoms with Crippen molar-refractivity contribution in [1.82, 2.24) is 9.80 Å². The van der Waals surface area contributed by atoms with Crippen LogP contribution >= 0.6 is 0 Å². The number of hydrogen-bond acceptors (Lipinski definition) is 6. The molecular weight excluding hydrogens is 520 g/mol. The summed E-state index contributed by atoms with van der Waals surface area (Å²) in [6.45, 7) is 7.70. The molecule has 2 saturated heterocycles. The van der Waals surface area contributed by atoms with E-state index < -0.39 is 10.8 Å². The lowest BCUT2D eigenvalue weighted by atomic mass is 9.94. The molecule has 3 aliphatic rings. The summed E-state index contributed by atoms with van der Waals surface area (Å²) in [4.78, 5) is 20.0. The number of ketones is 1. The molecule has 7 heteroatoms. The minimum atomic E-state index is -1.45. The zero-order valence-corrected chi connectivity index (χ0v) is 23.7. The molecule has 3 aromatic rings. The maximum absolute atomic E-state index is 13.9. The Morgan fingerprint density at radius 1 is 0.700 bits per heavy atom. The molecule has 0 N–H and O–H groups in total. The maximum atomic E-state index is 13.9. The van der Waals surface area contributed by atoms with Gasteiger partial charge in [0.25, 0.3) is 0 Å². The first-order valence-electron chi connectivity index (χ1n) is 14.4. The Labute approximate surface area is 239 Å². The van der Waals surface area contributed by atoms with Crippen LogP contribution in [0.1, 0.15) is 47.2 Å². The average molecular weight is 557 g/mol. The highest BCUT2D eigenvalue weighted by Gasteiger charge is 2.33. The monoisotopic (exact) mass is 556 g/mol. The van der Waals surface area contributed by atoms with Gasteiger partial charge in [-0.3, -0.25) is 14.6 Å². The molecule has 208 valence electrons. The second-order valence-electron chi connectivity index (χ2n) is 10.6. The predicted octanol–water partition coefficient (Wildman–Crippen LogP) is 5.51. The van der Waals surface area contributed by atoms with E-state index in [4.69, 9.17) is 9.47 Å². The van der Waals surface area contributed by atoms with E-state index >= 15 is 0 Å². The molecule has 3 aliphatic heterocycles. The largest absolute Gasteiger partial charge is 0.492 e. The van der Waals surface area contributed by atoms with Crippen molar-refractivity contribution >= 4 is 27.1 Å². The number of benzene rings is 3. The van der Waals surface area contributed by atoms with Gasteiger partial charge in [0.2, 0.25) is 0 Å². The molecule has 6 nitrogen and oxygen atoms in total. The number of allylic oxidation sites excluding steroid dienone is 1. The fourth-order valence-corrected chi connectivity index (χ4v) is 7.31. The number of hydrogen-bond donors (Lipinski definition) is 0. The molecule has 0 saturated carbocycles. The van der Waals surface area contributed by atoms with Gasteiger partial charge in [-0.05, 0) is 99.9 Å². The van der Waals surface area contributed by atoms with Gasteiger partial charge in [-0.15, -0.1) is 0 Å². The SMILES string of the molecule is O=C(C1=C(c2ccc(OCCN3CCCC3)cc2)S(=O)c2ccccc21)c1ccc(OCCN2CCCC2)cc1. The van der Waals surface area contributed by atoms with Gasteiger partial charge in [0.15, 0.2) is 5.78 Å². The molecule has 1 unspecified atom stereocenters. The van der Waals surface area contributed by atoms with Gasteiger partial charge in [0.1, 0.15) is 24.7 Å². The number of ether oxygens (including phenoxy) is 2. The highest BCUT2D eigenvalue weighted by Crippen LogP contribution is 2.43. The quantitative estimate of drug-likeness (QED) is 0.291. The molecule has 6 rings (SSSR count). The van der Waals surface area contributed by atoms with Crippen molar-refractivity contribution in [3.8, 4) is 11.5 Å². The lowest BCUT2D eigenvalue weighted by Crippen LogP contribution is -2.25. The van der Waals surface area contributed by atoms with Crippen LogP contribution in [0.25, 0.3) is 10.5 Å². The summed E-state index contributed by atoms with van der Waals surface area (Å²) in [6, 6.07) is 22.4. The number of carbonyl (C=O) groups is 1. The highest BCUT2D eigenvalue weighted by molar-refractivity contribution is 7.95. The van der Waals surface area contributed by atoms with Crippen molar-refractivity contribution in [3.63, 3.8) is 0 Å². The summed E-state index contributed by atoms with van der Waals surface area (Å²) in [5.74, 6) is 1.39. The van der Waals surface area contributed by atoms with Gasteiger partial charge in [-0.2, -0.15) is 0 Å². The fourth-order valence-electron chi connectivity index (χ4n) is 5.78. The van der Waals surface area contributed by atoms with Crippen molar-refractivity contribution in [2.75, 3.05) is 52.5 Å². The van der Waals surface area contributed by atoms with Crippen LogP contribution in [0, 0.1) is 0 Å². The second kappa shape index (κ2) is 12.5. The maximum Gasteiger partial charge on any atom is 0.194 e. The van der Waals surface area contributed by atoms with Gasteiger partial charge in [-0.1, -0.05) is 30.3 Å². The van der Waals surface area contributed by atoms with Crippen LogP contribution in [0.3, 0.4) is 0 Å². The number of carbonyl (C=O) groups excluding carboxylic acids is 1. The molecule has 3 aromatic carbocycles. The van der Waals surface area contributed by atoms with E-state index in [0.717, 1.165) is 61.9 Å².